The molecule has 0 atom stereocenters. The summed E-state index contributed by atoms with van der Waals surface area (Å²) in [4.78, 5) is 0. The lowest BCUT2D eigenvalue weighted by Gasteiger charge is -2.15. The average molecular weight is 435 g/mol. The number of benzene rings is 3. The minimum absolute atomic E-state index is 0.264. The van der Waals surface area contributed by atoms with E-state index in [1.54, 1.807) is 6.07 Å². The van der Waals surface area contributed by atoms with Crippen LogP contribution in [0.2, 0.25) is 5.02 Å². The molecule has 0 bridgehead atoms. The summed E-state index contributed by atoms with van der Waals surface area (Å²) in [6.07, 6.45) is 0. The molecule has 3 rings (SSSR count). The largest absolute Gasteiger partial charge is 0.489 e. The standard InChI is InChI=1S/C21H18BrClFNO/c1-14-5-7-18(23)11-20(14)25-12-16-10-17(22)6-8-21(16)26-13-15-3-2-4-19(24)9-15/h2-11,25H,12-13H2,1H3. The Morgan fingerprint density at radius 2 is 1.92 bits per heavy atom. The summed E-state index contributed by atoms with van der Waals surface area (Å²) >= 11 is 9.58. The topological polar surface area (TPSA) is 21.3 Å². The first-order chi connectivity index (χ1) is 12.5. The van der Waals surface area contributed by atoms with Gasteiger partial charge in [-0.1, -0.05) is 45.7 Å². The van der Waals surface area contributed by atoms with E-state index in [4.69, 9.17) is 16.3 Å². The van der Waals surface area contributed by atoms with E-state index in [2.05, 4.69) is 21.2 Å². The highest BCUT2D eigenvalue weighted by Crippen LogP contribution is 2.27. The zero-order chi connectivity index (χ0) is 18.5. The highest BCUT2D eigenvalue weighted by Gasteiger charge is 2.07. The van der Waals surface area contributed by atoms with E-state index >= 15 is 0 Å². The minimum atomic E-state index is -0.264. The first-order valence-electron chi connectivity index (χ1n) is 8.17. The number of ether oxygens (including phenoxy) is 1. The molecule has 0 radical (unpaired) electrons. The van der Waals surface area contributed by atoms with Crippen LogP contribution in [0.15, 0.2) is 65.1 Å². The van der Waals surface area contributed by atoms with Crippen LogP contribution >= 0.6 is 27.5 Å². The number of hydrogen-bond acceptors (Lipinski definition) is 2. The van der Waals surface area contributed by atoms with Crippen LogP contribution in [0.1, 0.15) is 16.7 Å². The lowest BCUT2D eigenvalue weighted by atomic mass is 10.1. The first-order valence-corrected chi connectivity index (χ1v) is 9.34. The molecule has 0 unspecified atom stereocenters. The Bertz CT molecular complexity index is 916. The van der Waals surface area contributed by atoms with E-state index in [0.29, 0.717) is 18.2 Å². The molecule has 0 saturated heterocycles. The Labute approximate surface area is 166 Å². The van der Waals surface area contributed by atoms with Crippen LogP contribution in [-0.2, 0) is 13.2 Å². The van der Waals surface area contributed by atoms with Crippen molar-refractivity contribution in [1.29, 1.82) is 0 Å². The molecule has 134 valence electrons. The molecule has 0 spiro atoms. The maximum absolute atomic E-state index is 13.3. The van der Waals surface area contributed by atoms with Gasteiger partial charge in [0.2, 0.25) is 0 Å². The summed E-state index contributed by atoms with van der Waals surface area (Å²) in [5.74, 6) is 0.491. The SMILES string of the molecule is Cc1ccc(Cl)cc1NCc1cc(Br)ccc1OCc1cccc(F)c1. The number of hydrogen-bond donors (Lipinski definition) is 1. The van der Waals surface area contributed by atoms with Crippen LogP contribution < -0.4 is 10.1 Å². The zero-order valence-electron chi connectivity index (χ0n) is 14.2. The fraction of sp³-hybridized carbons (Fsp3) is 0.143. The number of anilines is 1. The Morgan fingerprint density at radius 1 is 1.08 bits per heavy atom. The monoisotopic (exact) mass is 433 g/mol. The maximum Gasteiger partial charge on any atom is 0.124 e. The third-order valence-corrected chi connectivity index (χ3v) is 4.70. The molecule has 0 aromatic heterocycles. The molecular weight excluding hydrogens is 417 g/mol. The van der Waals surface area contributed by atoms with Crippen molar-refractivity contribution in [3.8, 4) is 5.75 Å². The van der Waals surface area contributed by atoms with Crippen molar-refractivity contribution in [3.05, 3.63) is 92.7 Å². The molecule has 0 heterocycles. The van der Waals surface area contributed by atoms with Gasteiger partial charge in [0.15, 0.2) is 0 Å². The molecule has 0 aliphatic heterocycles. The van der Waals surface area contributed by atoms with Crippen molar-refractivity contribution in [2.75, 3.05) is 5.32 Å². The summed E-state index contributed by atoms with van der Waals surface area (Å²) in [6, 6.07) is 18.0. The predicted molar refractivity (Wildman–Crippen MR) is 108 cm³/mol. The molecule has 3 aromatic rings. The lowest BCUT2D eigenvalue weighted by molar-refractivity contribution is 0.302. The molecule has 3 aromatic carbocycles. The van der Waals surface area contributed by atoms with E-state index in [0.717, 1.165) is 32.6 Å². The first kappa shape index (κ1) is 18.7. The highest BCUT2D eigenvalue weighted by atomic mass is 79.9. The lowest BCUT2D eigenvalue weighted by Crippen LogP contribution is -2.05. The van der Waals surface area contributed by atoms with Crippen LogP contribution in [-0.4, -0.2) is 0 Å². The van der Waals surface area contributed by atoms with Crippen LogP contribution in [0.3, 0.4) is 0 Å². The summed E-state index contributed by atoms with van der Waals surface area (Å²) in [7, 11) is 0. The molecular formula is C21H18BrClFNO. The van der Waals surface area contributed by atoms with Crippen molar-refractivity contribution in [1.82, 2.24) is 0 Å². The zero-order valence-corrected chi connectivity index (χ0v) is 16.6. The number of rotatable bonds is 6. The summed E-state index contributed by atoms with van der Waals surface area (Å²) in [5, 5.41) is 4.09. The number of nitrogens with one attached hydrogen (secondary N) is 1. The number of aryl methyl sites for hydroxylation is 1. The van der Waals surface area contributed by atoms with Crippen molar-refractivity contribution in [2.24, 2.45) is 0 Å². The van der Waals surface area contributed by atoms with E-state index in [9.17, 15) is 4.39 Å². The van der Waals surface area contributed by atoms with Gasteiger partial charge in [-0.2, -0.15) is 0 Å². The van der Waals surface area contributed by atoms with Crippen LogP contribution in [0, 0.1) is 12.7 Å². The van der Waals surface area contributed by atoms with Gasteiger partial charge in [-0.15, -0.1) is 0 Å². The van der Waals surface area contributed by atoms with E-state index < -0.39 is 0 Å². The van der Waals surface area contributed by atoms with Crippen molar-refractivity contribution in [3.63, 3.8) is 0 Å². The van der Waals surface area contributed by atoms with Gasteiger partial charge in [-0.3, -0.25) is 0 Å². The molecule has 0 aliphatic carbocycles. The highest BCUT2D eigenvalue weighted by molar-refractivity contribution is 9.10. The van der Waals surface area contributed by atoms with E-state index in [-0.39, 0.29) is 5.82 Å². The van der Waals surface area contributed by atoms with Crippen molar-refractivity contribution in [2.45, 2.75) is 20.1 Å². The fourth-order valence-electron chi connectivity index (χ4n) is 2.59. The predicted octanol–water partition coefficient (Wildman–Crippen LogP) is 6.74. The summed E-state index contributed by atoms with van der Waals surface area (Å²) < 4.78 is 20.2. The van der Waals surface area contributed by atoms with Gasteiger partial charge >= 0.3 is 0 Å². The van der Waals surface area contributed by atoms with Gasteiger partial charge in [0.05, 0.1) is 0 Å². The van der Waals surface area contributed by atoms with Crippen molar-refractivity contribution < 1.29 is 9.13 Å². The van der Waals surface area contributed by atoms with Crippen LogP contribution in [0.5, 0.6) is 5.75 Å². The summed E-state index contributed by atoms with van der Waals surface area (Å²) in [6.45, 7) is 2.92. The molecule has 0 saturated carbocycles. The third-order valence-electron chi connectivity index (χ3n) is 3.97. The van der Waals surface area contributed by atoms with E-state index in [1.807, 2.05) is 49.4 Å². The average Bonchev–Trinajstić information content (AvgIpc) is 2.62. The second-order valence-corrected chi connectivity index (χ2v) is 7.34. The molecule has 0 aliphatic rings. The molecule has 1 N–H and O–H groups in total. The van der Waals surface area contributed by atoms with Gasteiger partial charge < -0.3 is 10.1 Å². The normalized spacial score (nSPS) is 10.6. The molecule has 2 nitrogen and oxygen atoms in total. The molecule has 26 heavy (non-hydrogen) atoms. The van der Waals surface area contributed by atoms with Crippen LogP contribution in [0.25, 0.3) is 0 Å². The maximum atomic E-state index is 13.3. The molecule has 0 amide bonds. The van der Waals surface area contributed by atoms with Gasteiger partial charge in [-0.05, 0) is 60.5 Å². The van der Waals surface area contributed by atoms with Gasteiger partial charge in [0.25, 0.3) is 0 Å². The van der Waals surface area contributed by atoms with Crippen molar-refractivity contribution >= 4 is 33.2 Å². The summed E-state index contributed by atoms with van der Waals surface area (Å²) in [5.41, 5.74) is 3.88. The number of halogens is 3. The Balaban J connectivity index is 1.74. The Kier molecular flexibility index (Phi) is 6.17. The van der Waals surface area contributed by atoms with Gasteiger partial charge in [0, 0.05) is 27.3 Å². The Morgan fingerprint density at radius 3 is 2.73 bits per heavy atom. The molecule has 0 fully saturated rings. The quantitative estimate of drug-likeness (QED) is 0.464. The third kappa shape index (κ3) is 4.99. The van der Waals surface area contributed by atoms with Gasteiger partial charge in [-0.25, -0.2) is 4.39 Å². The second-order valence-electron chi connectivity index (χ2n) is 5.98. The smallest absolute Gasteiger partial charge is 0.124 e. The van der Waals surface area contributed by atoms with E-state index in [1.165, 1.54) is 12.1 Å². The molecule has 5 heteroatoms. The fourth-order valence-corrected chi connectivity index (χ4v) is 3.17. The van der Waals surface area contributed by atoms with Crippen LogP contribution in [0.4, 0.5) is 10.1 Å². The Hall–Kier alpha value is -2.04. The van der Waals surface area contributed by atoms with Gasteiger partial charge in [0.1, 0.15) is 18.2 Å². The minimum Gasteiger partial charge on any atom is -0.489 e. The second kappa shape index (κ2) is 8.56.